The highest BCUT2D eigenvalue weighted by Crippen LogP contribution is 2.28. The van der Waals surface area contributed by atoms with Gasteiger partial charge in [0.1, 0.15) is 0 Å². The van der Waals surface area contributed by atoms with Gasteiger partial charge in [-0.25, -0.2) is 0 Å². The predicted octanol–water partition coefficient (Wildman–Crippen LogP) is 4.40. The zero-order chi connectivity index (χ0) is 15.4. The normalized spacial score (nSPS) is 12.1. The van der Waals surface area contributed by atoms with Crippen molar-refractivity contribution in [2.24, 2.45) is 0 Å². The minimum Gasteiger partial charge on any atom is -0.313 e. The Bertz CT molecular complexity index is 645. The van der Waals surface area contributed by atoms with Gasteiger partial charge in [0.2, 0.25) is 0 Å². The molecule has 0 bridgehead atoms. The molecule has 4 nitrogen and oxygen atoms in total. The first kappa shape index (κ1) is 15.8. The molecule has 0 saturated heterocycles. The maximum absolute atomic E-state index is 10.7. The first-order valence-electron chi connectivity index (χ1n) is 6.37. The Morgan fingerprint density at radius 2 is 1.86 bits per heavy atom. The van der Waals surface area contributed by atoms with E-state index in [0.29, 0.717) is 16.5 Å². The van der Waals surface area contributed by atoms with Crippen LogP contribution in [-0.2, 0) is 6.42 Å². The minimum atomic E-state index is -0.410. The molecule has 110 valence electrons. The monoisotopic (exact) mass is 324 g/mol. The number of hydrogen-bond acceptors (Lipinski definition) is 3. The van der Waals surface area contributed by atoms with E-state index in [-0.39, 0.29) is 11.7 Å². The average Bonchev–Trinajstić information content (AvgIpc) is 2.48. The van der Waals surface area contributed by atoms with Gasteiger partial charge in [0.15, 0.2) is 0 Å². The van der Waals surface area contributed by atoms with Crippen LogP contribution in [0.4, 0.5) is 5.69 Å². The van der Waals surface area contributed by atoms with Gasteiger partial charge >= 0.3 is 0 Å². The molecule has 0 saturated carbocycles. The van der Waals surface area contributed by atoms with Crippen LogP contribution in [0.25, 0.3) is 0 Å². The largest absolute Gasteiger partial charge is 0.313 e. The van der Waals surface area contributed by atoms with Crippen LogP contribution < -0.4 is 5.32 Å². The zero-order valence-electron chi connectivity index (χ0n) is 11.3. The highest BCUT2D eigenvalue weighted by atomic mass is 35.5. The van der Waals surface area contributed by atoms with Gasteiger partial charge in [-0.3, -0.25) is 10.1 Å². The summed E-state index contributed by atoms with van der Waals surface area (Å²) in [5.74, 6) is 0. The van der Waals surface area contributed by atoms with Crippen molar-refractivity contribution in [3.8, 4) is 0 Å². The maximum Gasteiger partial charge on any atom is 0.269 e. The Hall–Kier alpha value is -1.62. The van der Waals surface area contributed by atoms with E-state index in [0.717, 1.165) is 11.1 Å². The van der Waals surface area contributed by atoms with E-state index in [4.69, 9.17) is 23.2 Å². The number of likely N-dealkylation sites (N-methyl/N-ethyl adjacent to an activating group) is 1. The van der Waals surface area contributed by atoms with Crippen LogP contribution in [0.2, 0.25) is 10.0 Å². The van der Waals surface area contributed by atoms with E-state index in [9.17, 15) is 10.1 Å². The Kier molecular flexibility index (Phi) is 5.17. The fourth-order valence-corrected chi connectivity index (χ4v) is 2.57. The van der Waals surface area contributed by atoms with Crippen LogP contribution in [0.3, 0.4) is 0 Å². The summed E-state index contributed by atoms with van der Waals surface area (Å²) in [6.45, 7) is 0. The van der Waals surface area contributed by atoms with Crippen LogP contribution in [0.5, 0.6) is 0 Å². The summed E-state index contributed by atoms with van der Waals surface area (Å²) >= 11 is 12.2. The molecule has 0 amide bonds. The minimum absolute atomic E-state index is 0.0161. The van der Waals surface area contributed by atoms with Crippen molar-refractivity contribution in [2.75, 3.05) is 7.05 Å². The molecule has 1 unspecified atom stereocenters. The van der Waals surface area contributed by atoms with E-state index in [1.807, 2.05) is 13.1 Å². The van der Waals surface area contributed by atoms with Gasteiger partial charge in [-0.05, 0) is 42.8 Å². The molecule has 2 aromatic rings. The highest BCUT2D eigenvalue weighted by Gasteiger charge is 2.15. The smallest absolute Gasteiger partial charge is 0.269 e. The zero-order valence-corrected chi connectivity index (χ0v) is 12.9. The molecule has 1 atom stereocenters. The lowest BCUT2D eigenvalue weighted by molar-refractivity contribution is -0.384. The summed E-state index contributed by atoms with van der Waals surface area (Å²) in [4.78, 5) is 10.2. The third-order valence-electron chi connectivity index (χ3n) is 3.27. The van der Waals surface area contributed by atoms with Gasteiger partial charge in [-0.1, -0.05) is 35.3 Å². The van der Waals surface area contributed by atoms with Crippen LogP contribution in [-0.4, -0.2) is 12.0 Å². The van der Waals surface area contributed by atoms with Crippen molar-refractivity contribution in [3.63, 3.8) is 0 Å². The Morgan fingerprint density at radius 3 is 2.43 bits per heavy atom. The lowest BCUT2D eigenvalue weighted by Crippen LogP contribution is -2.19. The molecular weight excluding hydrogens is 311 g/mol. The summed E-state index contributed by atoms with van der Waals surface area (Å²) in [5.41, 5.74) is 1.97. The summed E-state index contributed by atoms with van der Waals surface area (Å²) in [6, 6.07) is 11.8. The Morgan fingerprint density at radius 1 is 1.19 bits per heavy atom. The molecule has 21 heavy (non-hydrogen) atoms. The van der Waals surface area contributed by atoms with Gasteiger partial charge in [0, 0.05) is 28.2 Å². The first-order valence-corrected chi connectivity index (χ1v) is 7.12. The number of rotatable bonds is 5. The summed E-state index contributed by atoms with van der Waals surface area (Å²) in [5, 5.41) is 15.1. The second kappa shape index (κ2) is 6.89. The quantitative estimate of drug-likeness (QED) is 0.654. The molecule has 0 aromatic heterocycles. The van der Waals surface area contributed by atoms with Crippen LogP contribution in [0, 0.1) is 10.1 Å². The molecule has 6 heteroatoms. The second-order valence-corrected chi connectivity index (χ2v) is 5.48. The molecular formula is C15H14Cl2N2O2. The van der Waals surface area contributed by atoms with Crippen LogP contribution >= 0.6 is 23.2 Å². The number of hydrogen-bond donors (Lipinski definition) is 1. The van der Waals surface area contributed by atoms with E-state index in [2.05, 4.69) is 5.32 Å². The number of non-ortho nitro benzene ring substituents is 1. The van der Waals surface area contributed by atoms with Crippen molar-refractivity contribution >= 4 is 28.9 Å². The SMILES string of the molecule is CNC(Cc1ccc([N+](=O)[O-])cc1)c1cc(Cl)ccc1Cl. The maximum atomic E-state index is 10.7. The van der Waals surface area contributed by atoms with Gasteiger partial charge in [0.25, 0.3) is 5.69 Å². The lowest BCUT2D eigenvalue weighted by Gasteiger charge is -2.18. The molecule has 1 N–H and O–H groups in total. The van der Waals surface area contributed by atoms with E-state index in [1.54, 1.807) is 24.3 Å². The highest BCUT2D eigenvalue weighted by molar-refractivity contribution is 6.33. The number of nitrogens with zero attached hydrogens (tertiary/aromatic N) is 1. The number of halogens is 2. The van der Waals surface area contributed by atoms with Crippen molar-refractivity contribution < 1.29 is 4.92 Å². The molecule has 2 rings (SSSR count). The molecule has 0 radical (unpaired) electrons. The van der Waals surface area contributed by atoms with Gasteiger partial charge in [0.05, 0.1) is 4.92 Å². The van der Waals surface area contributed by atoms with Crippen molar-refractivity contribution in [1.82, 2.24) is 5.32 Å². The number of benzene rings is 2. The van der Waals surface area contributed by atoms with Gasteiger partial charge in [-0.15, -0.1) is 0 Å². The molecule has 0 aliphatic rings. The van der Waals surface area contributed by atoms with Crippen molar-refractivity contribution in [2.45, 2.75) is 12.5 Å². The number of nitrogens with one attached hydrogen (secondary N) is 1. The molecule has 0 heterocycles. The van der Waals surface area contributed by atoms with Gasteiger partial charge in [-0.2, -0.15) is 0 Å². The van der Waals surface area contributed by atoms with Crippen molar-refractivity contribution in [1.29, 1.82) is 0 Å². The van der Waals surface area contributed by atoms with Crippen LogP contribution in [0.15, 0.2) is 42.5 Å². The Balaban J connectivity index is 2.22. The van der Waals surface area contributed by atoms with E-state index < -0.39 is 4.92 Å². The third-order valence-corrected chi connectivity index (χ3v) is 3.85. The fourth-order valence-electron chi connectivity index (χ4n) is 2.14. The Labute approximate surface area is 132 Å². The fraction of sp³-hybridized carbons (Fsp3) is 0.200. The second-order valence-electron chi connectivity index (χ2n) is 4.63. The number of nitro groups is 1. The molecule has 2 aromatic carbocycles. The van der Waals surface area contributed by atoms with Crippen LogP contribution in [0.1, 0.15) is 17.2 Å². The first-order chi connectivity index (χ1) is 10.0. The lowest BCUT2D eigenvalue weighted by atomic mass is 9.99. The third kappa shape index (κ3) is 3.94. The van der Waals surface area contributed by atoms with Crippen molar-refractivity contribution in [3.05, 3.63) is 73.8 Å². The number of nitro benzene ring substituents is 1. The van der Waals surface area contributed by atoms with E-state index >= 15 is 0 Å². The van der Waals surface area contributed by atoms with Gasteiger partial charge < -0.3 is 5.32 Å². The van der Waals surface area contributed by atoms with E-state index in [1.165, 1.54) is 12.1 Å². The molecule has 0 aliphatic heterocycles. The topological polar surface area (TPSA) is 55.2 Å². The molecule has 0 spiro atoms. The molecule has 0 aliphatic carbocycles. The summed E-state index contributed by atoms with van der Waals surface area (Å²) < 4.78 is 0. The summed E-state index contributed by atoms with van der Waals surface area (Å²) in [7, 11) is 1.84. The molecule has 0 fully saturated rings. The standard InChI is InChI=1S/C15H14Cl2N2O2/c1-18-15(13-9-11(16)4-7-14(13)17)8-10-2-5-12(6-3-10)19(20)21/h2-7,9,15,18H,8H2,1H3. The predicted molar refractivity (Wildman–Crippen MR) is 85.1 cm³/mol. The summed E-state index contributed by atoms with van der Waals surface area (Å²) in [6.07, 6.45) is 0.661. The average molecular weight is 325 g/mol.